The fraction of sp³-hybridized carbons (Fsp3) is 0.600. The Morgan fingerprint density at radius 3 is 3.12 bits per heavy atom. The minimum absolute atomic E-state index is 0.364. The van der Waals surface area contributed by atoms with E-state index in [0.29, 0.717) is 5.75 Å². The monoisotopic (exact) mass is 243 g/mol. The summed E-state index contributed by atoms with van der Waals surface area (Å²) >= 11 is 1.61. The Kier molecular flexibility index (Phi) is 5.34. The minimum Gasteiger partial charge on any atom is -0.468 e. The zero-order valence-corrected chi connectivity index (χ0v) is 10.4. The predicted molar refractivity (Wildman–Crippen MR) is 64.1 cm³/mol. The molecule has 0 radical (unpaired) electrons. The lowest BCUT2D eigenvalue weighted by atomic mass is 10.4. The number of hydrogen-bond donors (Lipinski definition) is 1. The molecule has 1 rings (SSSR count). The first kappa shape index (κ1) is 13.1. The highest BCUT2D eigenvalue weighted by Crippen LogP contribution is 2.12. The van der Waals surface area contributed by atoms with Gasteiger partial charge < -0.3 is 15.0 Å². The molecule has 1 heterocycles. The molecule has 0 saturated carbocycles. The van der Waals surface area contributed by atoms with Crippen molar-refractivity contribution in [1.29, 1.82) is 0 Å². The number of imidazole rings is 1. The van der Waals surface area contributed by atoms with Gasteiger partial charge in [-0.15, -0.1) is 0 Å². The SMILES string of the molecule is CCn1cncc1CSCC(N)C(=O)OC. The maximum absolute atomic E-state index is 11.0. The third-order valence-corrected chi connectivity index (χ3v) is 3.29. The van der Waals surface area contributed by atoms with Crippen molar-refractivity contribution in [2.75, 3.05) is 12.9 Å². The molecular formula is C10H17N3O2S. The summed E-state index contributed by atoms with van der Waals surface area (Å²) in [7, 11) is 1.35. The number of thioether (sulfide) groups is 1. The van der Waals surface area contributed by atoms with Crippen LogP contribution in [0.4, 0.5) is 0 Å². The Morgan fingerprint density at radius 2 is 2.50 bits per heavy atom. The number of aryl methyl sites for hydroxylation is 1. The van der Waals surface area contributed by atoms with Gasteiger partial charge in [0.2, 0.25) is 0 Å². The second kappa shape index (κ2) is 6.55. The van der Waals surface area contributed by atoms with Gasteiger partial charge in [0.1, 0.15) is 6.04 Å². The largest absolute Gasteiger partial charge is 0.468 e. The van der Waals surface area contributed by atoms with E-state index in [0.717, 1.165) is 18.0 Å². The van der Waals surface area contributed by atoms with E-state index in [2.05, 4.69) is 21.2 Å². The van der Waals surface area contributed by atoms with E-state index in [1.54, 1.807) is 18.1 Å². The van der Waals surface area contributed by atoms with Gasteiger partial charge in [-0.1, -0.05) is 0 Å². The highest BCUT2D eigenvalue weighted by Gasteiger charge is 2.13. The van der Waals surface area contributed by atoms with Crippen LogP contribution in [0.1, 0.15) is 12.6 Å². The van der Waals surface area contributed by atoms with Crippen molar-refractivity contribution in [2.45, 2.75) is 25.3 Å². The fourth-order valence-electron chi connectivity index (χ4n) is 1.26. The van der Waals surface area contributed by atoms with Crippen LogP contribution in [-0.4, -0.2) is 34.4 Å². The lowest BCUT2D eigenvalue weighted by Gasteiger charge is -2.09. The van der Waals surface area contributed by atoms with E-state index in [4.69, 9.17) is 5.73 Å². The van der Waals surface area contributed by atoms with Gasteiger partial charge in [0.15, 0.2) is 0 Å². The Morgan fingerprint density at radius 1 is 1.75 bits per heavy atom. The quantitative estimate of drug-likeness (QED) is 0.742. The fourth-order valence-corrected chi connectivity index (χ4v) is 2.22. The predicted octanol–water partition coefficient (Wildman–Crippen LogP) is 0.636. The van der Waals surface area contributed by atoms with Gasteiger partial charge in [-0.2, -0.15) is 11.8 Å². The lowest BCUT2D eigenvalue weighted by molar-refractivity contribution is -0.141. The molecule has 0 saturated heterocycles. The van der Waals surface area contributed by atoms with Gasteiger partial charge in [-0.25, -0.2) is 4.98 Å². The van der Waals surface area contributed by atoms with Gasteiger partial charge in [-0.3, -0.25) is 4.79 Å². The zero-order valence-electron chi connectivity index (χ0n) is 9.55. The molecular weight excluding hydrogens is 226 g/mol. The number of ether oxygens (including phenoxy) is 1. The summed E-state index contributed by atoms with van der Waals surface area (Å²) < 4.78 is 6.62. The number of carbonyl (C=O) groups excluding carboxylic acids is 1. The minimum atomic E-state index is -0.548. The van der Waals surface area contributed by atoms with Crippen molar-refractivity contribution in [3.05, 3.63) is 18.2 Å². The van der Waals surface area contributed by atoms with Crippen molar-refractivity contribution in [1.82, 2.24) is 9.55 Å². The third-order valence-electron chi connectivity index (χ3n) is 2.19. The molecule has 0 bridgehead atoms. The van der Waals surface area contributed by atoms with Crippen LogP contribution in [0.5, 0.6) is 0 Å². The van der Waals surface area contributed by atoms with Crippen molar-refractivity contribution in [3.63, 3.8) is 0 Å². The second-order valence-electron chi connectivity index (χ2n) is 3.32. The molecule has 0 aliphatic rings. The number of esters is 1. The van der Waals surface area contributed by atoms with Gasteiger partial charge >= 0.3 is 5.97 Å². The van der Waals surface area contributed by atoms with Gasteiger partial charge in [-0.05, 0) is 6.92 Å². The first-order valence-electron chi connectivity index (χ1n) is 5.09. The summed E-state index contributed by atoms with van der Waals surface area (Å²) in [4.78, 5) is 15.1. The molecule has 16 heavy (non-hydrogen) atoms. The second-order valence-corrected chi connectivity index (χ2v) is 4.35. The Hall–Kier alpha value is -1.01. The van der Waals surface area contributed by atoms with E-state index < -0.39 is 6.04 Å². The van der Waals surface area contributed by atoms with Crippen LogP contribution in [-0.2, 0) is 21.8 Å². The Labute approximate surface area is 99.4 Å². The van der Waals surface area contributed by atoms with Crippen LogP contribution in [0.2, 0.25) is 0 Å². The van der Waals surface area contributed by atoms with E-state index >= 15 is 0 Å². The topological polar surface area (TPSA) is 70.1 Å². The van der Waals surface area contributed by atoms with Crippen LogP contribution >= 0.6 is 11.8 Å². The Bertz CT molecular complexity index is 341. The number of hydrogen-bond acceptors (Lipinski definition) is 5. The molecule has 90 valence electrons. The van der Waals surface area contributed by atoms with Gasteiger partial charge in [0, 0.05) is 29.9 Å². The first-order chi connectivity index (χ1) is 7.69. The van der Waals surface area contributed by atoms with E-state index in [-0.39, 0.29) is 5.97 Å². The standard InChI is InChI=1S/C10H17N3O2S/c1-3-13-7-12-4-8(13)5-16-6-9(11)10(14)15-2/h4,7,9H,3,5-6,11H2,1-2H3. The number of rotatable bonds is 6. The molecule has 0 amide bonds. The van der Waals surface area contributed by atoms with Crippen LogP contribution in [0.15, 0.2) is 12.5 Å². The smallest absolute Gasteiger partial charge is 0.323 e. The lowest BCUT2D eigenvalue weighted by Crippen LogP contribution is -2.33. The first-order valence-corrected chi connectivity index (χ1v) is 6.24. The van der Waals surface area contributed by atoms with Crippen LogP contribution < -0.4 is 5.73 Å². The number of methoxy groups -OCH3 is 1. The normalized spacial score (nSPS) is 12.4. The van der Waals surface area contributed by atoms with E-state index in [1.165, 1.54) is 7.11 Å². The van der Waals surface area contributed by atoms with Gasteiger partial charge in [0.05, 0.1) is 13.4 Å². The number of aromatic nitrogens is 2. The summed E-state index contributed by atoms with van der Waals surface area (Å²) in [6, 6.07) is -0.548. The highest BCUT2D eigenvalue weighted by atomic mass is 32.2. The molecule has 0 aliphatic heterocycles. The highest BCUT2D eigenvalue weighted by molar-refractivity contribution is 7.98. The number of nitrogens with two attached hydrogens (primary N) is 1. The zero-order chi connectivity index (χ0) is 12.0. The average Bonchev–Trinajstić information content (AvgIpc) is 2.75. The molecule has 1 unspecified atom stereocenters. The summed E-state index contributed by atoms with van der Waals surface area (Å²) in [5.41, 5.74) is 6.76. The molecule has 0 aliphatic carbocycles. The maximum Gasteiger partial charge on any atom is 0.323 e. The molecule has 5 nitrogen and oxygen atoms in total. The molecule has 1 atom stereocenters. The van der Waals surface area contributed by atoms with Crippen LogP contribution in [0, 0.1) is 0 Å². The van der Waals surface area contributed by atoms with Crippen LogP contribution in [0.25, 0.3) is 0 Å². The van der Waals surface area contributed by atoms with Crippen molar-refractivity contribution in [2.24, 2.45) is 5.73 Å². The van der Waals surface area contributed by atoms with Crippen LogP contribution in [0.3, 0.4) is 0 Å². The van der Waals surface area contributed by atoms with Crippen molar-refractivity contribution >= 4 is 17.7 Å². The Balaban J connectivity index is 2.33. The molecule has 2 N–H and O–H groups in total. The summed E-state index contributed by atoms with van der Waals surface area (Å²) in [6.07, 6.45) is 3.64. The molecule has 0 spiro atoms. The van der Waals surface area contributed by atoms with Crippen molar-refractivity contribution < 1.29 is 9.53 Å². The summed E-state index contributed by atoms with van der Waals surface area (Å²) in [5, 5.41) is 0. The molecule has 0 fully saturated rings. The van der Waals surface area contributed by atoms with Gasteiger partial charge in [0.25, 0.3) is 0 Å². The summed E-state index contributed by atoms with van der Waals surface area (Å²) in [6.45, 7) is 2.97. The molecule has 1 aromatic heterocycles. The molecule has 6 heteroatoms. The molecule has 1 aromatic rings. The third kappa shape index (κ3) is 3.53. The van der Waals surface area contributed by atoms with Crippen molar-refractivity contribution in [3.8, 4) is 0 Å². The number of carbonyl (C=O) groups is 1. The number of nitrogens with zero attached hydrogens (tertiary/aromatic N) is 2. The van der Waals surface area contributed by atoms with E-state index in [1.807, 2.05) is 6.20 Å². The summed E-state index contributed by atoms with van der Waals surface area (Å²) in [5.74, 6) is 0.997. The average molecular weight is 243 g/mol. The van der Waals surface area contributed by atoms with E-state index in [9.17, 15) is 4.79 Å². The maximum atomic E-state index is 11.0. The molecule has 0 aromatic carbocycles.